The van der Waals surface area contributed by atoms with Crippen LogP contribution in [-0.2, 0) is 0 Å². The molecule has 0 rings (SSSR count). The van der Waals surface area contributed by atoms with E-state index < -0.39 is 6.23 Å². The molecule has 0 fully saturated rings. The van der Waals surface area contributed by atoms with Gasteiger partial charge in [0, 0.05) is 6.42 Å². The van der Waals surface area contributed by atoms with Gasteiger partial charge in [0.2, 0.25) is 0 Å². The molecule has 64 valence electrons. The number of nitrogens with zero attached hydrogens (tertiary/aromatic N) is 1. The van der Waals surface area contributed by atoms with Crippen LogP contribution >= 0.6 is 0 Å². The zero-order valence-corrected chi connectivity index (χ0v) is 7.47. The number of rotatable bonds is 3. The van der Waals surface area contributed by atoms with Crippen molar-refractivity contribution in [1.82, 2.24) is 0 Å². The van der Waals surface area contributed by atoms with E-state index >= 15 is 0 Å². The lowest BCUT2D eigenvalue weighted by Gasteiger charge is -2.29. The van der Waals surface area contributed by atoms with E-state index in [2.05, 4.69) is 0 Å². The highest BCUT2D eigenvalue weighted by Gasteiger charge is 2.18. The van der Waals surface area contributed by atoms with Crippen molar-refractivity contribution in [3.05, 3.63) is 0 Å². The van der Waals surface area contributed by atoms with E-state index in [1.165, 1.54) is 0 Å². The van der Waals surface area contributed by atoms with Gasteiger partial charge in [-0.05, 0) is 0 Å². The van der Waals surface area contributed by atoms with Crippen LogP contribution in [0.15, 0.2) is 0 Å². The van der Waals surface area contributed by atoms with Gasteiger partial charge in [0.05, 0.1) is 27.7 Å². The first-order chi connectivity index (χ1) is 3.98. The average molecular weight is 170 g/mol. The predicted octanol–water partition coefficient (Wildman–Crippen LogP) is -3.60. The summed E-state index contributed by atoms with van der Waals surface area (Å²) in [6.07, 6.45) is -0.00116. The third-order valence-electron chi connectivity index (χ3n) is 1.28. The van der Waals surface area contributed by atoms with Crippen LogP contribution in [0.25, 0.3) is 0 Å². The number of aliphatic hydroxyl groups excluding tert-OH is 2. The highest BCUT2D eigenvalue weighted by Crippen LogP contribution is 2.01. The van der Waals surface area contributed by atoms with Gasteiger partial charge in [-0.3, -0.25) is 0 Å². The summed E-state index contributed by atoms with van der Waals surface area (Å²) < 4.78 is 0.487. The number of halogens is 1. The minimum Gasteiger partial charge on any atom is -1.00 e. The third kappa shape index (κ3) is 4.99. The summed E-state index contributed by atoms with van der Waals surface area (Å²) in [5, 5.41) is 17.6. The molecular weight excluding hydrogens is 154 g/mol. The van der Waals surface area contributed by atoms with Crippen LogP contribution in [0, 0.1) is 0 Å². The van der Waals surface area contributed by atoms with Gasteiger partial charge in [-0.15, -0.1) is 0 Å². The number of hydrogen-bond acceptors (Lipinski definition) is 2. The van der Waals surface area contributed by atoms with Gasteiger partial charge in [0.25, 0.3) is 0 Å². The smallest absolute Gasteiger partial charge is 0.192 e. The van der Waals surface area contributed by atoms with Gasteiger partial charge in [0.1, 0.15) is 0 Å². The molecule has 0 saturated heterocycles. The Morgan fingerprint density at radius 2 is 1.70 bits per heavy atom. The van der Waals surface area contributed by atoms with Crippen molar-refractivity contribution in [2.24, 2.45) is 0 Å². The van der Waals surface area contributed by atoms with E-state index in [1.807, 2.05) is 21.1 Å². The van der Waals surface area contributed by atoms with Gasteiger partial charge in [-0.2, -0.15) is 0 Å². The van der Waals surface area contributed by atoms with Crippen molar-refractivity contribution >= 4 is 0 Å². The van der Waals surface area contributed by atoms with E-state index in [9.17, 15) is 5.11 Å². The fraction of sp³-hybridized carbons (Fsp3) is 1.00. The monoisotopic (exact) mass is 169 g/mol. The number of hydrogen-bond donors (Lipinski definition) is 2. The van der Waals surface area contributed by atoms with Crippen molar-refractivity contribution in [3.8, 4) is 0 Å². The zero-order chi connectivity index (χ0) is 7.49. The van der Waals surface area contributed by atoms with E-state index in [0.29, 0.717) is 10.9 Å². The van der Waals surface area contributed by atoms with Gasteiger partial charge in [-0.1, -0.05) is 0 Å². The first kappa shape index (κ1) is 12.8. The van der Waals surface area contributed by atoms with Crippen LogP contribution in [0.5, 0.6) is 0 Å². The van der Waals surface area contributed by atoms with Crippen molar-refractivity contribution in [3.63, 3.8) is 0 Å². The summed E-state index contributed by atoms with van der Waals surface area (Å²) in [7, 11) is 5.67. The molecule has 4 heteroatoms. The molecule has 2 N–H and O–H groups in total. The topological polar surface area (TPSA) is 40.5 Å². The van der Waals surface area contributed by atoms with Gasteiger partial charge in [-0.25, -0.2) is 0 Å². The van der Waals surface area contributed by atoms with Crippen molar-refractivity contribution in [1.29, 1.82) is 0 Å². The molecule has 10 heavy (non-hydrogen) atoms. The fourth-order valence-corrected chi connectivity index (χ4v) is 0.503. The van der Waals surface area contributed by atoms with E-state index in [0.717, 1.165) is 0 Å². The lowest BCUT2D eigenvalue weighted by molar-refractivity contribution is -0.919. The Bertz CT molecular complexity index is 82.3. The molecule has 1 atom stereocenters. The largest absolute Gasteiger partial charge is 1.00 e. The second-order valence-corrected chi connectivity index (χ2v) is 3.11. The molecule has 0 amide bonds. The van der Waals surface area contributed by atoms with Crippen LogP contribution < -0.4 is 12.4 Å². The summed E-state index contributed by atoms with van der Waals surface area (Å²) in [6, 6.07) is 0. The third-order valence-corrected chi connectivity index (χ3v) is 1.28. The van der Waals surface area contributed by atoms with Crippen molar-refractivity contribution < 1.29 is 27.1 Å². The predicted molar refractivity (Wildman–Crippen MR) is 35.7 cm³/mol. The summed E-state index contributed by atoms with van der Waals surface area (Å²) in [5.74, 6) is 0. The first-order valence-electron chi connectivity index (χ1n) is 3.08. The lowest BCUT2D eigenvalue weighted by Crippen LogP contribution is -3.00. The maximum absolute atomic E-state index is 9.20. The van der Waals surface area contributed by atoms with Crippen LogP contribution in [0.1, 0.15) is 6.42 Å². The van der Waals surface area contributed by atoms with Crippen LogP contribution in [0.4, 0.5) is 0 Å². The van der Waals surface area contributed by atoms with Crippen LogP contribution in [-0.4, -0.2) is 48.7 Å². The normalized spacial score (nSPS) is 14.1. The van der Waals surface area contributed by atoms with Crippen LogP contribution in [0.3, 0.4) is 0 Å². The van der Waals surface area contributed by atoms with E-state index in [1.54, 1.807) is 0 Å². The zero-order valence-electron chi connectivity index (χ0n) is 6.71. The Hall–Kier alpha value is 0.170. The molecule has 0 aromatic heterocycles. The van der Waals surface area contributed by atoms with E-state index in [4.69, 9.17) is 5.11 Å². The molecule has 0 bridgehead atoms. The summed E-state index contributed by atoms with van der Waals surface area (Å²) in [6.45, 7) is 0.0523. The van der Waals surface area contributed by atoms with Crippen LogP contribution in [0.2, 0.25) is 0 Å². The fourth-order valence-electron chi connectivity index (χ4n) is 0.503. The molecule has 0 aromatic rings. The highest BCUT2D eigenvalue weighted by molar-refractivity contribution is 4.37. The van der Waals surface area contributed by atoms with Gasteiger partial charge < -0.3 is 27.1 Å². The Labute approximate surface area is 68.3 Å². The molecular formula is C6H16ClNO2. The Balaban J connectivity index is 0. The lowest BCUT2D eigenvalue weighted by atomic mass is 10.3. The molecule has 0 heterocycles. The Morgan fingerprint density at radius 1 is 1.30 bits per heavy atom. The quantitative estimate of drug-likeness (QED) is 0.339. The molecule has 0 aliphatic rings. The van der Waals surface area contributed by atoms with E-state index in [-0.39, 0.29) is 19.0 Å². The van der Waals surface area contributed by atoms with Crippen molar-refractivity contribution in [2.75, 3.05) is 27.7 Å². The summed E-state index contributed by atoms with van der Waals surface area (Å²) in [5.41, 5.74) is 0. The molecule has 0 aromatic carbocycles. The molecule has 0 aliphatic carbocycles. The minimum absolute atomic E-state index is 0. The second kappa shape index (κ2) is 4.91. The maximum Gasteiger partial charge on any atom is 0.192 e. The first-order valence-corrected chi connectivity index (χ1v) is 3.08. The molecule has 0 saturated carbocycles. The molecule has 1 unspecified atom stereocenters. The maximum atomic E-state index is 9.20. The minimum atomic E-state index is -0.449. The molecule has 3 nitrogen and oxygen atoms in total. The second-order valence-electron chi connectivity index (χ2n) is 3.11. The van der Waals surface area contributed by atoms with Gasteiger partial charge in [0.15, 0.2) is 6.23 Å². The highest BCUT2D eigenvalue weighted by atomic mass is 35.5. The molecule has 0 spiro atoms. The van der Waals surface area contributed by atoms with Crippen molar-refractivity contribution in [2.45, 2.75) is 12.6 Å². The molecule has 0 radical (unpaired) electrons. The van der Waals surface area contributed by atoms with Gasteiger partial charge >= 0.3 is 0 Å². The summed E-state index contributed by atoms with van der Waals surface area (Å²) in [4.78, 5) is 0. The standard InChI is InChI=1S/C6H16NO2.ClH/c1-7(2,3)6(9)4-5-8;/h6,8-9H,4-5H2,1-3H3;1H/q+1;/p-1. The Kier molecular flexibility index (Phi) is 6.29. The summed E-state index contributed by atoms with van der Waals surface area (Å²) >= 11 is 0. The number of aliphatic hydroxyl groups is 2. The average Bonchev–Trinajstić information content (AvgIpc) is 1.64. The molecule has 0 aliphatic heterocycles. The Morgan fingerprint density at radius 3 is 1.80 bits per heavy atom. The number of quaternary nitrogens is 1. The SMILES string of the molecule is C[N+](C)(C)C(O)CCO.[Cl-].